The zero-order chi connectivity index (χ0) is 13.1. The molecule has 0 radical (unpaired) electrons. The van der Waals surface area contributed by atoms with E-state index in [4.69, 9.17) is 9.84 Å². The Morgan fingerprint density at radius 3 is 2.56 bits per heavy atom. The van der Waals surface area contributed by atoms with Gasteiger partial charge in [-0.1, -0.05) is 0 Å². The number of carbonyl (C=O) groups excluding carboxylic acids is 1. The molecule has 2 fully saturated rings. The molecule has 0 spiro atoms. The first-order chi connectivity index (χ1) is 8.63. The average molecular weight is 274 g/mol. The van der Waals surface area contributed by atoms with Crippen LogP contribution in [0, 0.1) is 0 Å². The van der Waals surface area contributed by atoms with E-state index in [1.54, 1.807) is 12.0 Å². The summed E-state index contributed by atoms with van der Waals surface area (Å²) in [5, 5.41) is 9.07. The highest BCUT2D eigenvalue weighted by Gasteiger charge is 2.37. The molecule has 2 aliphatic rings. The van der Waals surface area contributed by atoms with Crippen molar-refractivity contribution < 1.29 is 19.4 Å². The Morgan fingerprint density at radius 1 is 1.33 bits per heavy atom. The summed E-state index contributed by atoms with van der Waals surface area (Å²) in [7, 11) is 1.68. The first-order valence-corrected chi connectivity index (χ1v) is 7.18. The SMILES string of the molecule is COC1CCN(C(=O)N2CSCC2C(=O)O)CC1. The summed E-state index contributed by atoms with van der Waals surface area (Å²) in [5.74, 6) is 0.0374. The Balaban J connectivity index is 1.93. The topological polar surface area (TPSA) is 70.1 Å². The van der Waals surface area contributed by atoms with Crippen LogP contribution in [0.15, 0.2) is 0 Å². The molecule has 2 saturated heterocycles. The zero-order valence-corrected chi connectivity index (χ0v) is 11.2. The van der Waals surface area contributed by atoms with Crippen molar-refractivity contribution in [1.82, 2.24) is 9.80 Å². The molecule has 2 amide bonds. The molecule has 18 heavy (non-hydrogen) atoms. The highest BCUT2D eigenvalue weighted by molar-refractivity contribution is 7.99. The van der Waals surface area contributed by atoms with Crippen LogP contribution in [0.1, 0.15) is 12.8 Å². The Kier molecular flexibility index (Phi) is 4.34. The van der Waals surface area contributed by atoms with E-state index in [2.05, 4.69) is 0 Å². The number of likely N-dealkylation sites (tertiary alicyclic amines) is 1. The maximum absolute atomic E-state index is 12.2. The molecule has 0 bridgehead atoms. The minimum Gasteiger partial charge on any atom is -0.480 e. The normalized spacial score (nSPS) is 25.5. The fourth-order valence-corrected chi connectivity index (χ4v) is 3.44. The van der Waals surface area contributed by atoms with Crippen molar-refractivity contribution in [2.45, 2.75) is 25.0 Å². The molecule has 102 valence electrons. The van der Waals surface area contributed by atoms with Crippen LogP contribution in [0.25, 0.3) is 0 Å². The molecular weight excluding hydrogens is 256 g/mol. The molecule has 0 aromatic heterocycles. The second kappa shape index (κ2) is 5.79. The van der Waals surface area contributed by atoms with Gasteiger partial charge in [0.05, 0.1) is 12.0 Å². The van der Waals surface area contributed by atoms with Gasteiger partial charge in [-0.15, -0.1) is 11.8 Å². The summed E-state index contributed by atoms with van der Waals surface area (Å²) in [6, 6.07) is -0.829. The number of rotatable bonds is 2. The van der Waals surface area contributed by atoms with Crippen LogP contribution in [-0.4, -0.2) is 70.9 Å². The number of thioether (sulfide) groups is 1. The van der Waals surface area contributed by atoms with Gasteiger partial charge in [0.15, 0.2) is 0 Å². The zero-order valence-electron chi connectivity index (χ0n) is 10.4. The summed E-state index contributed by atoms with van der Waals surface area (Å²) in [6.07, 6.45) is 1.86. The Labute approximate surface area is 110 Å². The molecule has 6 nitrogen and oxygen atoms in total. The fraction of sp³-hybridized carbons (Fsp3) is 0.818. The highest BCUT2D eigenvalue weighted by atomic mass is 32.2. The highest BCUT2D eigenvalue weighted by Crippen LogP contribution is 2.24. The van der Waals surface area contributed by atoms with Crippen LogP contribution in [0.5, 0.6) is 0 Å². The van der Waals surface area contributed by atoms with E-state index in [0.717, 1.165) is 12.8 Å². The van der Waals surface area contributed by atoms with E-state index in [1.165, 1.54) is 16.7 Å². The van der Waals surface area contributed by atoms with E-state index >= 15 is 0 Å². The lowest BCUT2D eigenvalue weighted by Crippen LogP contribution is -2.51. The van der Waals surface area contributed by atoms with Gasteiger partial charge in [0.25, 0.3) is 0 Å². The molecule has 0 aromatic carbocycles. The first-order valence-electron chi connectivity index (χ1n) is 6.02. The second-order valence-corrected chi connectivity index (χ2v) is 5.53. The molecule has 1 unspecified atom stereocenters. The van der Waals surface area contributed by atoms with Crippen LogP contribution in [0.2, 0.25) is 0 Å². The number of ether oxygens (including phenoxy) is 1. The van der Waals surface area contributed by atoms with Crippen LogP contribution >= 0.6 is 11.8 Å². The number of carboxylic acid groups (broad SMARTS) is 1. The maximum atomic E-state index is 12.2. The number of nitrogens with zero attached hydrogens (tertiary/aromatic N) is 2. The molecule has 2 rings (SSSR count). The average Bonchev–Trinajstić information content (AvgIpc) is 2.87. The van der Waals surface area contributed by atoms with Gasteiger partial charge in [-0.2, -0.15) is 0 Å². The Hall–Kier alpha value is -0.950. The van der Waals surface area contributed by atoms with Gasteiger partial charge in [-0.25, -0.2) is 9.59 Å². The quantitative estimate of drug-likeness (QED) is 0.801. The van der Waals surface area contributed by atoms with E-state index in [0.29, 0.717) is 24.7 Å². The predicted octanol–water partition coefficient (Wildman–Crippen LogP) is 0.677. The lowest BCUT2D eigenvalue weighted by molar-refractivity contribution is -0.141. The van der Waals surface area contributed by atoms with Crippen molar-refractivity contribution >= 4 is 23.8 Å². The van der Waals surface area contributed by atoms with Gasteiger partial charge < -0.3 is 19.6 Å². The summed E-state index contributed by atoms with van der Waals surface area (Å²) in [6.45, 7) is 1.29. The summed E-state index contributed by atoms with van der Waals surface area (Å²) in [5.41, 5.74) is 0. The van der Waals surface area contributed by atoms with Crippen LogP contribution in [0.3, 0.4) is 0 Å². The minimum atomic E-state index is -0.917. The second-order valence-electron chi connectivity index (χ2n) is 4.53. The van der Waals surface area contributed by atoms with Crippen molar-refractivity contribution in [3.05, 3.63) is 0 Å². The van der Waals surface area contributed by atoms with Crippen molar-refractivity contribution in [1.29, 1.82) is 0 Å². The standard InChI is InChI=1S/C11H18N2O4S/c1-17-8-2-4-12(5-3-8)11(16)13-7-18-6-9(13)10(14)15/h8-9H,2-7H2,1H3,(H,14,15). The number of carboxylic acids is 1. The molecule has 7 heteroatoms. The Morgan fingerprint density at radius 2 is 2.00 bits per heavy atom. The number of amides is 2. The minimum absolute atomic E-state index is 0.151. The molecule has 0 aromatic rings. The molecule has 0 aliphatic carbocycles. The van der Waals surface area contributed by atoms with Gasteiger partial charge in [0.2, 0.25) is 0 Å². The molecule has 2 heterocycles. The van der Waals surface area contributed by atoms with Gasteiger partial charge in [0, 0.05) is 26.0 Å². The number of aliphatic carboxylic acids is 1. The summed E-state index contributed by atoms with van der Waals surface area (Å²) in [4.78, 5) is 26.5. The number of hydrogen-bond acceptors (Lipinski definition) is 4. The third-order valence-corrected chi connectivity index (χ3v) is 4.47. The van der Waals surface area contributed by atoms with E-state index in [9.17, 15) is 9.59 Å². The van der Waals surface area contributed by atoms with E-state index in [-0.39, 0.29) is 12.1 Å². The maximum Gasteiger partial charge on any atom is 0.327 e. The van der Waals surface area contributed by atoms with Crippen LogP contribution < -0.4 is 0 Å². The largest absolute Gasteiger partial charge is 0.480 e. The van der Waals surface area contributed by atoms with Gasteiger partial charge in [-0.3, -0.25) is 0 Å². The number of urea groups is 1. The third-order valence-electron chi connectivity index (χ3n) is 3.46. The molecule has 1 atom stereocenters. The fourth-order valence-electron chi connectivity index (χ4n) is 2.30. The van der Waals surface area contributed by atoms with Gasteiger partial charge >= 0.3 is 12.0 Å². The number of hydrogen-bond donors (Lipinski definition) is 1. The van der Waals surface area contributed by atoms with Crippen LogP contribution in [0.4, 0.5) is 4.79 Å². The monoisotopic (exact) mass is 274 g/mol. The van der Waals surface area contributed by atoms with Crippen molar-refractivity contribution in [2.24, 2.45) is 0 Å². The number of carbonyl (C=O) groups is 2. The van der Waals surface area contributed by atoms with E-state index < -0.39 is 12.0 Å². The van der Waals surface area contributed by atoms with Crippen molar-refractivity contribution in [2.75, 3.05) is 31.8 Å². The first kappa shape index (κ1) is 13.5. The Bertz CT molecular complexity index is 331. The molecule has 2 aliphatic heterocycles. The van der Waals surface area contributed by atoms with E-state index in [1.807, 2.05) is 0 Å². The van der Waals surface area contributed by atoms with Gasteiger partial charge in [-0.05, 0) is 12.8 Å². The van der Waals surface area contributed by atoms with Crippen LogP contribution in [-0.2, 0) is 9.53 Å². The number of methoxy groups -OCH3 is 1. The molecule has 0 saturated carbocycles. The lowest BCUT2D eigenvalue weighted by atomic mass is 10.1. The summed E-state index contributed by atoms with van der Waals surface area (Å²) < 4.78 is 5.25. The number of piperidine rings is 1. The molecular formula is C11H18N2O4S. The molecule has 1 N–H and O–H groups in total. The van der Waals surface area contributed by atoms with Crippen molar-refractivity contribution in [3.63, 3.8) is 0 Å². The lowest BCUT2D eigenvalue weighted by Gasteiger charge is -2.34. The predicted molar refractivity (Wildman–Crippen MR) is 67.6 cm³/mol. The van der Waals surface area contributed by atoms with Gasteiger partial charge in [0.1, 0.15) is 6.04 Å². The smallest absolute Gasteiger partial charge is 0.327 e. The summed E-state index contributed by atoms with van der Waals surface area (Å²) >= 11 is 1.49. The third kappa shape index (κ3) is 2.72. The van der Waals surface area contributed by atoms with Crippen molar-refractivity contribution in [3.8, 4) is 0 Å².